The number of non-ortho nitro benzene ring substituents is 1. The van der Waals surface area contributed by atoms with Crippen LogP contribution in [0, 0.1) is 10.1 Å². The second kappa shape index (κ2) is 9.51. The monoisotopic (exact) mass is 453 g/mol. The van der Waals surface area contributed by atoms with Crippen LogP contribution in [-0.4, -0.2) is 48.1 Å². The Kier molecular flexibility index (Phi) is 7.02. The van der Waals surface area contributed by atoms with Crippen molar-refractivity contribution >= 4 is 40.5 Å². The van der Waals surface area contributed by atoms with Crippen LogP contribution in [0.1, 0.15) is 13.3 Å². The van der Waals surface area contributed by atoms with Gasteiger partial charge < -0.3 is 14.8 Å². The number of methoxy groups -OCH3 is 1. The molecular formula is C20H21Cl2N3O5. The lowest BCUT2D eigenvalue weighted by Crippen LogP contribution is -2.41. The molecule has 0 radical (unpaired) electrons. The van der Waals surface area contributed by atoms with Crippen LogP contribution in [0.2, 0.25) is 10.0 Å². The number of ether oxygens (including phenoxy) is 2. The lowest BCUT2D eigenvalue weighted by atomic mass is 10.2. The fourth-order valence-electron chi connectivity index (χ4n) is 3.25. The highest BCUT2D eigenvalue weighted by Gasteiger charge is 2.31. The highest BCUT2D eigenvalue weighted by atomic mass is 35.5. The second-order valence-corrected chi connectivity index (χ2v) is 7.72. The van der Waals surface area contributed by atoms with Crippen LogP contribution in [0.3, 0.4) is 0 Å². The molecule has 1 N–H and O–H groups in total. The van der Waals surface area contributed by atoms with Gasteiger partial charge >= 0.3 is 0 Å². The van der Waals surface area contributed by atoms with Crippen LogP contribution in [0.25, 0.3) is 0 Å². The van der Waals surface area contributed by atoms with Crippen LogP contribution < -0.4 is 14.8 Å². The van der Waals surface area contributed by atoms with Crippen LogP contribution >= 0.6 is 23.2 Å². The number of nitro groups is 1. The van der Waals surface area contributed by atoms with E-state index in [0.29, 0.717) is 34.6 Å². The molecule has 1 amide bonds. The highest BCUT2D eigenvalue weighted by Crippen LogP contribution is 2.30. The van der Waals surface area contributed by atoms with Gasteiger partial charge in [-0.05, 0) is 31.5 Å². The Morgan fingerprint density at radius 2 is 2.03 bits per heavy atom. The Labute approximate surface area is 183 Å². The van der Waals surface area contributed by atoms with E-state index in [0.717, 1.165) is 6.42 Å². The van der Waals surface area contributed by atoms with Gasteiger partial charge in [0.15, 0.2) is 0 Å². The molecule has 1 heterocycles. The van der Waals surface area contributed by atoms with Crippen molar-refractivity contribution in [1.82, 2.24) is 4.90 Å². The number of anilines is 1. The van der Waals surface area contributed by atoms with E-state index in [1.165, 1.54) is 25.3 Å². The van der Waals surface area contributed by atoms with Gasteiger partial charge in [0.1, 0.15) is 17.6 Å². The lowest BCUT2D eigenvalue weighted by Gasteiger charge is -2.24. The molecule has 2 atom stereocenters. The topological polar surface area (TPSA) is 93.9 Å². The van der Waals surface area contributed by atoms with Crippen LogP contribution in [0.4, 0.5) is 11.4 Å². The van der Waals surface area contributed by atoms with Gasteiger partial charge in [0.25, 0.3) is 5.69 Å². The van der Waals surface area contributed by atoms with Crippen molar-refractivity contribution in [1.29, 1.82) is 0 Å². The van der Waals surface area contributed by atoms with E-state index in [2.05, 4.69) is 5.32 Å². The zero-order valence-electron chi connectivity index (χ0n) is 16.4. The van der Waals surface area contributed by atoms with Crippen molar-refractivity contribution in [2.75, 3.05) is 25.5 Å². The molecule has 30 heavy (non-hydrogen) atoms. The number of carbonyl (C=O) groups excluding carboxylic acids is 1. The first-order valence-electron chi connectivity index (χ1n) is 9.27. The molecule has 0 aromatic heterocycles. The van der Waals surface area contributed by atoms with Gasteiger partial charge in [0.05, 0.1) is 33.8 Å². The van der Waals surface area contributed by atoms with E-state index < -0.39 is 11.0 Å². The summed E-state index contributed by atoms with van der Waals surface area (Å²) in [4.78, 5) is 25.2. The summed E-state index contributed by atoms with van der Waals surface area (Å²) in [5, 5.41) is 14.6. The summed E-state index contributed by atoms with van der Waals surface area (Å²) in [5.41, 5.74) is 0.126. The average molecular weight is 454 g/mol. The van der Waals surface area contributed by atoms with Crippen LogP contribution in [-0.2, 0) is 4.79 Å². The van der Waals surface area contributed by atoms with Crippen molar-refractivity contribution in [3.63, 3.8) is 0 Å². The number of nitro benzene ring substituents is 1. The maximum absolute atomic E-state index is 12.7. The number of likely N-dealkylation sites (tertiary alicyclic amines) is 1. The van der Waals surface area contributed by atoms with Crippen molar-refractivity contribution < 1.29 is 19.2 Å². The molecule has 1 aliphatic heterocycles. The Morgan fingerprint density at radius 1 is 1.27 bits per heavy atom. The molecule has 0 bridgehead atoms. The maximum Gasteiger partial charge on any atom is 0.271 e. The fourth-order valence-corrected chi connectivity index (χ4v) is 3.54. The van der Waals surface area contributed by atoms with E-state index >= 15 is 0 Å². The Morgan fingerprint density at radius 3 is 2.70 bits per heavy atom. The van der Waals surface area contributed by atoms with Crippen molar-refractivity contribution in [3.05, 3.63) is 56.6 Å². The van der Waals surface area contributed by atoms with Gasteiger partial charge in [-0.25, -0.2) is 0 Å². The molecule has 1 fully saturated rings. The van der Waals surface area contributed by atoms with E-state index in [9.17, 15) is 14.9 Å². The van der Waals surface area contributed by atoms with Crippen molar-refractivity contribution in [2.24, 2.45) is 0 Å². The molecule has 10 heteroatoms. The summed E-state index contributed by atoms with van der Waals surface area (Å²) in [6.45, 7) is 3.01. The average Bonchev–Trinajstić information content (AvgIpc) is 3.18. The zero-order valence-corrected chi connectivity index (χ0v) is 17.9. The molecule has 2 aromatic carbocycles. The fraction of sp³-hybridized carbons (Fsp3) is 0.350. The number of hydrogen-bond donors (Lipinski definition) is 1. The summed E-state index contributed by atoms with van der Waals surface area (Å²) < 4.78 is 11.2. The van der Waals surface area contributed by atoms with E-state index in [4.69, 9.17) is 32.7 Å². The molecule has 160 valence electrons. The van der Waals surface area contributed by atoms with E-state index in [-0.39, 0.29) is 23.4 Å². The second-order valence-electron chi connectivity index (χ2n) is 6.91. The third-order valence-electron chi connectivity index (χ3n) is 4.95. The van der Waals surface area contributed by atoms with Gasteiger partial charge in [0, 0.05) is 31.3 Å². The largest absolute Gasteiger partial charge is 0.495 e. The molecule has 0 aliphatic carbocycles. The molecule has 1 aliphatic rings. The molecule has 0 spiro atoms. The summed E-state index contributed by atoms with van der Waals surface area (Å²) in [6.07, 6.45) is 0.655. The van der Waals surface area contributed by atoms with Gasteiger partial charge in [0.2, 0.25) is 5.91 Å². The molecule has 1 saturated heterocycles. The van der Waals surface area contributed by atoms with Gasteiger partial charge in [-0.15, -0.1) is 0 Å². The number of carbonyl (C=O) groups is 1. The van der Waals surface area contributed by atoms with E-state index in [1.54, 1.807) is 25.1 Å². The molecule has 2 aromatic rings. The van der Waals surface area contributed by atoms with Gasteiger partial charge in [-0.2, -0.15) is 0 Å². The van der Waals surface area contributed by atoms with E-state index in [1.807, 2.05) is 4.90 Å². The predicted octanol–water partition coefficient (Wildman–Crippen LogP) is 4.39. The Bertz CT molecular complexity index is 956. The molecule has 0 saturated carbocycles. The maximum atomic E-state index is 12.7. The minimum atomic E-state index is -0.524. The Hall–Kier alpha value is -2.55. The quantitative estimate of drug-likeness (QED) is 0.493. The zero-order chi connectivity index (χ0) is 21.8. The number of nitrogens with one attached hydrogen (secondary N) is 1. The Balaban J connectivity index is 1.62. The highest BCUT2D eigenvalue weighted by molar-refractivity contribution is 6.42. The third-order valence-corrected chi connectivity index (χ3v) is 5.69. The third kappa shape index (κ3) is 5.13. The molecule has 2 unspecified atom stereocenters. The molecule has 8 nitrogen and oxygen atoms in total. The summed E-state index contributed by atoms with van der Waals surface area (Å²) >= 11 is 12.0. The van der Waals surface area contributed by atoms with Crippen LogP contribution in [0.5, 0.6) is 11.5 Å². The number of nitrogens with zero attached hydrogens (tertiary/aromatic N) is 2. The SMILES string of the molecule is COc1ccc([N+](=O)[O-])cc1NC(=O)C(C)N1CCC(Oc2ccc(Cl)c(Cl)c2)C1. The molecular weight excluding hydrogens is 433 g/mol. The first-order valence-corrected chi connectivity index (χ1v) is 10.0. The molecule has 3 rings (SSSR count). The number of hydrogen-bond acceptors (Lipinski definition) is 6. The standard InChI is InChI=1S/C20H21Cl2N3O5/c1-12(20(26)23-18-9-13(25(27)28)3-6-19(18)29-2)24-8-7-15(11-24)30-14-4-5-16(21)17(22)10-14/h3-6,9-10,12,15H,7-8,11H2,1-2H3,(H,23,26). The normalized spacial score (nSPS) is 17.4. The van der Waals surface area contributed by atoms with Crippen molar-refractivity contribution in [3.8, 4) is 11.5 Å². The van der Waals surface area contributed by atoms with Gasteiger partial charge in [-0.1, -0.05) is 23.2 Å². The van der Waals surface area contributed by atoms with Gasteiger partial charge in [-0.3, -0.25) is 19.8 Å². The first kappa shape index (κ1) is 22.1. The minimum Gasteiger partial charge on any atom is -0.495 e. The first-order chi connectivity index (χ1) is 14.3. The minimum absolute atomic E-state index is 0.0927. The summed E-state index contributed by atoms with van der Waals surface area (Å²) in [6, 6.07) is 8.69. The van der Waals surface area contributed by atoms with Crippen molar-refractivity contribution in [2.45, 2.75) is 25.5 Å². The summed E-state index contributed by atoms with van der Waals surface area (Å²) in [5.74, 6) is 0.682. The lowest BCUT2D eigenvalue weighted by molar-refractivity contribution is -0.384. The predicted molar refractivity (Wildman–Crippen MR) is 115 cm³/mol. The summed E-state index contributed by atoms with van der Waals surface area (Å²) in [7, 11) is 1.44. The number of rotatable bonds is 7. The number of halogens is 2. The smallest absolute Gasteiger partial charge is 0.271 e. The number of benzene rings is 2. The van der Waals surface area contributed by atoms with Crippen LogP contribution in [0.15, 0.2) is 36.4 Å². The number of amides is 1.